The molecule has 0 saturated carbocycles. The second-order valence-corrected chi connectivity index (χ2v) is 10.8. The van der Waals surface area contributed by atoms with E-state index in [0.717, 1.165) is 38.5 Å². The molecule has 0 heterocycles. The van der Waals surface area contributed by atoms with Crippen LogP contribution < -0.4 is 10.6 Å². The molecular formula is C30H60N2O6. The summed E-state index contributed by atoms with van der Waals surface area (Å²) in [6.45, 7) is 5.14. The second kappa shape index (κ2) is 26.0. The molecular weight excluding hydrogens is 484 g/mol. The van der Waals surface area contributed by atoms with Crippen molar-refractivity contribution in [3.63, 3.8) is 0 Å². The average molecular weight is 545 g/mol. The van der Waals surface area contributed by atoms with Gasteiger partial charge in [0.1, 0.15) is 12.2 Å². The number of carbonyl (C=O) groups excluding carboxylic acids is 2. The number of hydrogen-bond donors (Lipinski definition) is 6. The second-order valence-electron chi connectivity index (χ2n) is 10.8. The summed E-state index contributed by atoms with van der Waals surface area (Å²) in [5.41, 5.74) is 0. The van der Waals surface area contributed by atoms with E-state index in [0.29, 0.717) is 13.1 Å². The molecule has 0 aliphatic heterocycles. The Hall–Kier alpha value is -1.22. The normalized spacial score (nSPS) is 14.6. The molecule has 8 nitrogen and oxygen atoms in total. The predicted molar refractivity (Wildman–Crippen MR) is 154 cm³/mol. The zero-order valence-corrected chi connectivity index (χ0v) is 24.5. The Labute approximate surface area is 232 Å². The molecule has 2 amide bonds. The van der Waals surface area contributed by atoms with E-state index in [9.17, 15) is 30.0 Å². The summed E-state index contributed by atoms with van der Waals surface area (Å²) in [6.07, 6.45) is 15.5. The van der Waals surface area contributed by atoms with Gasteiger partial charge >= 0.3 is 0 Å². The Morgan fingerprint density at radius 2 is 0.684 bits per heavy atom. The van der Waals surface area contributed by atoms with Gasteiger partial charge in [0.25, 0.3) is 11.8 Å². The summed E-state index contributed by atoms with van der Waals surface area (Å²) in [5.74, 6) is -1.66. The van der Waals surface area contributed by atoms with E-state index in [-0.39, 0.29) is 0 Å². The molecule has 0 aliphatic rings. The van der Waals surface area contributed by atoms with Crippen molar-refractivity contribution in [2.45, 2.75) is 167 Å². The highest BCUT2D eigenvalue weighted by molar-refractivity contribution is 5.83. The first-order chi connectivity index (χ1) is 18.4. The number of carbonyl (C=O) groups is 2. The van der Waals surface area contributed by atoms with Gasteiger partial charge < -0.3 is 31.1 Å². The van der Waals surface area contributed by atoms with Crippen molar-refractivity contribution in [3.8, 4) is 0 Å². The molecule has 0 aromatic carbocycles. The number of hydrogen-bond acceptors (Lipinski definition) is 6. The number of amides is 2. The van der Waals surface area contributed by atoms with E-state index >= 15 is 0 Å². The number of nitrogens with one attached hydrogen (secondary N) is 2. The van der Waals surface area contributed by atoms with E-state index in [1.165, 1.54) is 89.9 Å². The third-order valence-electron chi connectivity index (χ3n) is 7.19. The average Bonchev–Trinajstić information content (AvgIpc) is 2.92. The molecule has 0 aromatic heterocycles. The topological polar surface area (TPSA) is 139 Å². The minimum Gasteiger partial charge on any atom is -0.387 e. The molecule has 0 spiro atoms. The fourth-order valence-corrected chi connectivity index (χ4v) is 4.54. The van der Waals surface area contributed by atoms with Gasteiger partial charge in [-0.1, -0.05) is 129 Å². The molecule has 226 valence electrons. The van der Waals surface area contributed by atoms with E-state index < -0.39 is 36.2 Å². The number of aliphatic hydroxyl groups is 4. The van der Waals surface area contributed by atoms with Crippen molar-refractivity contribution < 1.29 is 30.0 Å². The van der Waals surface area contributed by atoms with Crippen LogP contribution in [0, 0.1) is 0 Å². The smallest absolute Gasteiger partial charge is 0.251 e. The van der Waals surface area contributed by atoms with Crippen molar-refractivity contribution in [1.29, 1.82) is 0 Å². The molecule has 4 unspecified atom stereocenters. The van der Waals surface area contributed by atoms with Gasteiger partial charge in [0.15, 0.2) is 12.2 Å². The Morgan fingerprint density at radius 3 is 0.947 bits per heavy atom. The van der Waals surface area contributed by atoms with E-state index in [1.54, 1.807) is 0 Å². The van der Waals surface area contributed by atoms with Crippen molar-refractivity contribution in [3.05, 3.63) is 0 Å². The van der Waals surface area contributed by atoms with Crippen LogP contribution in [-0.2, 0) is 9.59 Å². The Kier molecular flexibility index (Phi) is 25.2. The maximum atomic E-state index is 12.1. The lowest BCUT2D eigenvalue weighted by molar-refractivity contribution is -0.155. The highest BCUT2D eigenvalue weighted by Crippen LogP contribution is 2.12. The van der Waals surface area contributed by atoms with E-state index in [2.05, 4.69) is 24.5 Å². The largest absolute Gasteiger partial charge is 0.387 e. The van der Waals surface area contributed by atoms with Crippen LogP contribution in [0.25, 0.3) is 0 Å². The summed E-state index contributed by atoms with van der Waals surface area (Å²) in [5, 5.41) is 45.4. The molecule has 0 saturated heterocycles. The molecule has 0 fully saturated rings. The van der Waals surface area contributed by atoms with Crippen LogP contribution in [0.2, 0.25) is 0 Å². The first-order valence-corrected chi connectivity index (χ1v) is 15.6. The van der Waals surface area contributed by atoms with Gasteiger partial charge in [0.05, 0.1) is 0 Å². The molecule has 4 atom stereocenters. The maximum absolute atomic E-state index is 12.1. The van der Waals surface area contributed by atoms with Crippen LogP contribution in [0.1, 0.15) is 142 Å². The minimum absolute atomic E-state index is 0.358. The SMILES string of the molecule is CCCCCCCCCCCCNC(=O)C(O)C(O)C(O)C(O)C(=O)NCCCCCCCCCCCC. The molecule has 0 radical (unpaired) electrons. The van der Waals surface area contributed by atoms with Crippen molar-refractivity contribution in [2.24, 2.45) is 0 Å². The van der Waals surface area contributed by atoms with Crippen LogP contribution in [0.3, 0.4) is 0 Å². The lowest BCUT2D eigenvalue weighted by Crippen LogP contribution is -2.54. The summed E-state index contributed by atoms with van der Waals surface area (Å²) < 4.78 is 0. The summed E-state index contributed by atoms with van der Waals surface area (Å²) in [7, 11) is 0. The molecule has 0 bridgehead atoms. The van der Waals surface area contributed by atoms with Gasteiger partial charge in [-0.15, -0.1) is 0 Å². The first kappa shape index (κ1) is 36.8. The maximum Gasteiger partial charge on any atom is 0.251 e. The fourth-order valence-electron chi connectivity index (χ4n) is 4.54. The molecule has 38 heavy (non-hydrogen) atoms. The predicted octanol–water partition coefficient (Wildman–Crippen LogP) is 4.50. The molecule has 8 heteroatoms. The number of unbranched alkanes of at least 4 members (excludes halogenated alkanes) is 18. The van der Waals surface area contributed by atoms with Crippen molar-refractivity contribution >= 4 is 11.8 Å². The summed E-state index contributed by atoms with van der Waals surface area (Å²) in [4.78, 5) is 24.2. The minimum atomic E-state index is -1.97. The fraction of sp³-hybridized carbons (Fsp3) is 0.933. The van der Waals surface area contributed by atoms with Gasteiger partial charge in [-0.2, -0.15) is 0 Å². The Morgan fingerprint density at radius 1 is 0.447 bits per heavy atom. The highest BCUT2D eigenvalue weighted by Gasteiger charge is 2.37. The van der Waals surface area contributed by atoms with Crippen LogP contribution in [0.15, 0.2) is 0 Å². The first-order valence-electron chi connectivity index (χ1n) is 15.6. The molecule has 0 rings (SSSR count). The third kappa shape index (κ3) is 19.8. The van der Waals surface area contributed by atoms with Gasteiger partial charge in [-0.25, -0.2) is 0 Å². The zero-order valence-electron chi connectivity index (χ0n) is 24.5. The van der Waals surface area contributed by atoms with Gasteiger partial charge in [0.2, 0.25) is 0 Å². The van der Waals surface area contributed by atoms with E-state index in [4.69, 9.17) is 0 Å². The van der Waals surface area contributed by atoms with Crippen molar-refractivity contribution in [2.75, 3.05) is 13.1 Å². The zero-order chi connectivity index (χ0) is 28.4. The summed E-state index contributed by atoms with van der Waals surface area (Å²) in [6, 6.07) is 0. The van der Waals surface area contributed by atoms with Crippen LogP contribution >= 0.6 is 0 Å². The number of rotatable bonds is 27. The van der Waals surface area contributed by atoms with Crippen LogP contribution in [0.4, 0.5) is 0 Å². The van der Waals surface area contributed by atoms with Gasteiger partial charge in [-0.3, -0.25) is 9.59 Å². The quantitative estimate of drug-likeness (QED) is 0.0842. The Bertz CT molecular complexity index is 515. The lowest BCUT2D eigenvalue weighted by Gasteiger charge is -2.25. The molecule has 0 aromatic rings. The van der Waals surface area contributed by atoms with Gasteiger partial charge in [0, 0.05) is 13.1 Å². The highest BCUT2D eigenvalue weighted by atomic mass is 16.4. The van der Waals surface area contributed by atoms with Crippen molar-refractivity contribution in [1.82, 2.24) is 10.6 Å². The molecule has 6 N–H and O–H groups in total. The van der Waals surface area contributed by atoms with Crippen LogP contribution in [-0.4, -0.2) is 69.7 Å². The van der Waals surface area contributed by atoms with Gasteiger partial charge in [-0.05, 0) is 12.8 Å². The monoisotopic (exact) mass is 544 g/mol. The van der Waals surface area contributed by atoms with E-state index in [1.807, 2.05) is 0 Å². The Balaban J connectivity index is 3.90. The lowest BCUT2D eigenvalue weighted by atomic mass is 10.0. The number of aliphatic hydroxyl groups excluding tert-OH is 4. The molecule has 0 aliphatic carbocycles. The summed E-state index contributed by atoms with van der Waals surface area (Å²) >= 11 is 0. The van der Waals surface area contributed by atoms with Crippen LogP contribution in [0.5, 0.6) is 0 Å². The standard InChI is InChI=1S/C30H60N2O6/c1-3-5-7-9-11-13-15-17-19-21-23-31-29(37)27(35)25(33)26(34)28(36)30(38)32-24-22-20-18-16-14-12-10-8-6-4-2/h25-28,33-36H,3-24H2,1-2H3,(H,31,37)(H,32,38). The third-order valence-corrected chi connectivity index (χ3v) is 7.19.